The monoisotopic (exact) mass is 694 g/mol. The summed E-state index contributed by atoms with van der Waals surface area (Å²) >= 11 is 0. The topological polar surface area (TPSA) is 115 Å². The fraction of sp³-hybridized carbons (Fsp3) is 0.375. The number of carbonyl (C=O) groups excluding carboxylic acids is 1. The zero-order valence-corrected chi connectivity index (χ0v) is 29.2. The van der Waals surface area contributed by atoms with E-state index in [1.54, 1.807) is 6.92 Å². The molecule has 3 aromatic carbocycles. The van der Waals surface area contributed by atoms with Crippen LogP contribution < -0.4 is 10.6 Å². The number of carbonyl (C=O) groups is 1. The van der Waals surface area contributed by atoms with Crippen molar-refractivity contribution in [1.29, 1.82) is 0 Å². The lowest BCUT2D eigenvalue weighted by Crippen LogP contribution is -2.40. The van der Waals surface area contributed by atoms with Gasteiger partial charge in [-0.3, -0.25) is 9.69 Å². The molecule has 1 amide bonds. The molecule has 2 aliphatic rings. The van der Waals surface area contributed by atoms with Gasteiger partial charge in [0.1, 0.15) is 23.6 Å². The van der Waals surface area contributed by atoms with E-state index in [2.05, 4.69) is 54.8 Å². The highest BCUT2D eigenvalue weighted by molar-refractivity contribution is 6.06. The second-order valence-electron chi connectivity index (χ2n) is 14.3. The molecule has 0 aliphatic carbocycles. The molecule has 266 valence electrons. The molecule has 51 heavy (non-hydrogen) atoms. The highest BCUT2D eigenvalue weighted by atomic mass is 19.1. The van der Waals surface area contributed by atoms with Crippen LogP contribution in [0.25, 0.3) is 33.5 Å². The molecule has 0 bridgehead atoms. The summed E-state index contributed by atoms with van der Waals surface area (Å²) in [6.07, 6.45) is 6.51. The van der Waals surface area contributed by atoms with Crippen LogP contribution in [0.3, 0.4) is 0 Å². The van der Waals surface area contributed by atoms with Crippen molar-refractivity contribution < 1.29 is 23.4 Å². The first kappa shape index (κ1) is 34.9. The third-order valence-electron chi connectivity index (χ3n) is 10.1. The number of hydrogen-bond donors (Lipinski definition) is 4. The Kier molecular flexibility index (Phi) is 9.98. The standard InChI is InChI=1S/C40H44F2N6O3/c1-24-32(19-28(41)20-35(24)47-39(49)31-9-8-27(18-34(31)42)40(2,3)50)37-33-21-36(46-38(33)45-23-44-37)26-6-4-25(5-7-26)22-48-16-12-30(13-17-48)51-29-10-14-43-15-11-29/h4-9,18-21,23,29-30,43,50H,10-17,22H2,1-3H3,(H,47,49)(H,44,45,46). The van der Waals surface area contributed by atoms with Crippen molar-refractivity contribution in [3.8, 4) is 22.5 Å². The molecule has 0 radical (unpaired) electrons. The Morgan fingerprint density at radius 1 is 0.980 bits per heavy atom. The predicted molar refractivity (Wildman–Crippen MR) is 194 cm³/mol. The number of amides is 1. The van der Waals surface area contributed by atoms with E-state index < -0.39 is 23.1 Å². The number of piperidine rings is 2. The van der Waals surface area contributed by atoms with Crippen LogP contribution in [0.2, 0.25) is 0 Å². The molecule has 0 atom stereocenters. The molecule has 2 aliphatic heterocycles. The maximum Gasteiger partial charge on any atom is 0.258 e. The van der Waals surface area contributed by atoms with Gasteiger partial charge in [-0.05, 0) is 112 Å². The number of hydrogen-bond acceptors (Lipinski definition) is 7. The molecular formula is C40H44F2N6O3. The van der Waals surface area contributed by atoms with Gasteiger partial charge in [-0.15, -0.1) is 0 Å². The van der Waals surface area contributed by atoms with Gasteiger partial charge in [0, 0.05) is 42.0 Å². The van der Waals surface area contributed by atoms with Gasteiger partial charge in [-0.2, -0.15) is 0 Å². The molecule has 5 aromatic rings. The Labute approximate surface area is 296 Å². The number of fused-ring (bicyclic) bond motifs is 1. The zero-order chi connectivity index (χ0) is 35.7. The summed E-state index contributed by atoms with van der Waals surface area (Å²) in [4.78, 5) is 27.9. The summed E-state index contributed by atoms with van der Waals surface area (Å²) in [5.74, 6) is -2.11. The van der Waals surface area contributed by atoms with E-state index in [1.807, 2.05) is 6.07 Å². The third-order valence-corrected chi connectivity index (χ3v) is 10.1. The van der Waals surface area contributed by atoms with Crippen LogP contribution >= 0.6 is 0 Å². The molecule has 4 heterocycles. The van der Waals surface area contributed by atoms with Crippen molar-refractivity contribution in [3.63, 3.8) is 0 Å². The van der Waals surface area contributed by atoms with E-state index in [4.69, 9.17) is 4.74 Å². The maximum absolute atomic E-state index is 15.1. The largest absolute Gasteiger partial charge is 0.386 e. The number of nitrogens with zero attached hydrogens (tertiary/aromatic N) is 3. The average Bonchev–Trinajstić information content (AvgIpc) is 3.56. The number of H-pyrrole nitrogens is 1. The van der Waals surface area contributed by atoms with Crippen molar-refractivity contribution in [2.75, 3.05) is 31.5 Å². The van der Waals surface area contributed by atoms with Gasteiger partial charge in [-0.1, -0.05) is 30.3 Å². The summed E-state index contributed by atoms with van der Waals surface area (Å²) < 4.78 is 36.4. The van der Waals surface area contributed by atoms with Gasteiger partial charge < -0.3 is 25.5 Å². The highest BCUT2D eigenvalue weighted by Crippen LogP contribution is 2.35. The summed E-state index contributed by atoms with van der Waals surface area (Å²) in [6.45, 7) is 9.86. The van der Waals surface area contributed by atoms with Crippen molar-refractivity contribution in [1.82, 2.24) is 25.2 Å². The molecule has 0 unspecified atom stereocenters. The lowest BCUT2D eigenvalue weighted by atomic mass is 9.96. The Bertz CT molecular complexity index is 2030. The second-order valence-corrected chi connectivity index (χ2v) is 14.3. The van der Waals surface area contributed by atoms with Crippen molar-refractivity contribution in [2.24, 2.45) is 0 Å². The van der Waals surface area contributed by atoms with Crippen molar-refractivity contribution in [2.45, 2.75) is 70.8 Å². The minimum Gasteiger partial charge on any atom is -0.386 e. The normalized spacial score (nSPS) is 16.5. The number of likely N-dealkylation sites (tertiary alicyclic amines) is 1. The van der Waals surface area contributed by atoms with Gasteiger partial charge in [0.05, 0.1) is 29.1 Å². The van der Waals surface area contributed by atoms with E-state index in [-0.39, 0.29) is 11.3 Å². The van der Waals surface area contributed by atoms with Crippen molar-refractivity contribution >= 4 is 22.6 Å². The van der Waals surface area contributed by atoms with E-state index in [0.29, 0.717) is 45.6 Å². The summed E-state index contributed by atoms with van der Waals surface area (Å²) in [6, 6.07) is 16.9. The lowest BCUT2D eigenvalue weighted by molar-refractivity contribution is -0.0539. The van der Waals surface area contributed by atoms with Gasteiger partial charge in [0.15, 0.2) is 0 Å². The van der Waals surface area contributed by atoms with E-state index in [0.717, 1.165) is 75.7 Å². The van der Waals surface area contributed by atoms with Gasteiger partial charge >= 0.3 is 0 Å². The lowest BCUT2D eigenvalue weighted by Gasteiger charge is -2.35. The molecule has 7 rings (SSSR count). The maximum atomic E-state index is 15.1. The van der Waals surface area contributed by atoms with Crippen LogP contribution in [-0.2, 0) is 16.9 Å². The van der Waals surface area contributed by atoms with E-state index in [1.165, 1.54) is 50.0 Å². The van der Waals surface area contributed by atoms with Crippen LogP contribution in [0, 0.1) is 18.6 Å². The predicted octanol–water partition coefficient (Wildman–Crippen LogP) is 7.09. The molecule has 0 saturated carbocycles. The molecule has 0 spiro atoms. The second kappa shape index (κ2) is 14.6. The quantitative estimate of drug-likeness (QED) is 0.130. The average molecular weight is 695 g/mol. The summed E-state index contributed by atoms with van der Waals surface area (Å²) in [5, 5.41) is 17.0. The fourth-order valence-corrected chi connectivity index (χ4v) is 7.09. The zero-order valence-electron chi connectivity index (χ0n) is 29.2. The number of anilines is 1. The van der Waals surface area contributed by atoms with Crippen molar-refractivity contribution in [3.05, 3.63) is 101 Å². The molecule has 11 heteroatoms. The molecule has 2 saturated heterocycles. The summed E-state index contributed by atoms with van der Waals surface area (Å²) in [5.41, 5.74) is 4.24. The number of rotatable bonds is 9. The SMILES string of the molecule is Cc1c(NC(=O)c2ccc(C(C)(C)O)cc2F)cc(F)cc1-c1ncnc2[nH]c(-c3ccc(CN4CCC(OC5CCNCC5)CC4)cc3)cc12. The first-order valence-electron chi connectivity index (χ1n) is 17.7. The fourth-order valence-electron chi connectivity index (χ4n) is 7.09. The first-order chi connectivity index (χ1) is 24.5. The number of halogens is 2. The Morgan fingerprint density at radius 3 is 2.41 bits per heavy atom. The van der Waals surface area contributed by atoms with Crippen LogP contribution in [-0.4, -0.2) is 69.3 Å². The van der Waals surface area contributed by atoms with Crippen LogP contribution in [0.4, 0.5) is 14.5 Å². The Balaban J connectivity index is 1.05. The van der Waals surface area contributed by atoms with Gasteiger partial charge in [0.2, 0.25) is 0 Å². The number of nitrogens with one attached hydrogen (secondary N) is 3. The Morgan fingerprint density at radius 2 is 1.71 bits per heavy atom. The van der Waals surface area contributed by atoms with Gasteiger partial charge in [0.25, 0.3) is 5.91 Å². The van der Waals surface area contributed by atoms with E-state index >= 15 is 4.39 Å². The number of aromatic amines is 1. The third kappa shape index (κ3) is 7.86. The van der Waals surface area contributed by atoms with E-state index in [9.17, 15) is 14.3 Å². The Hall–Kier alpha value is -4.55. The number of benzene rings is 3. The molecule has 9 nitrogen and oxygen atoms in total. The first-order valence-corrected chi connectivity index (χ1v) is 17.7. The molecule has 4 N–H and O–H groups in total. The minimum absolute atomic E-state index is 0.192. The minimum atomic E-state index is -1.27. The number of aromatic nitrogens is 3. The molecule has 2 fully saturated rings. The smallest absolute Gasteiger partial charge is 0.258 e. The molecule has 2 aromatic heterocycles. The summed E-state index contributed by atoms with van der Waals surface area (Å²) in [7, 11) is 0. The van der Waals surface area contributed by atoms with Crippen LogP contribution in [0.5, 0.6) is 0 Å². The van der Waals surface area contributed by atoms with Gasteiger partial charge in [-0.25, -0.2) is 18.7 Å². The number of aliphatic hydroxyl groups is 1. The van der Waals surface area contributed by atoms with Crippen LogP contribution in [0.1, 0.15) is 66.6 Å². The van der Waals surface area contributed by atoms with Crippen LogP contribution in [0.15, 0.2) is 67.0 Å². The highest BCUT2D eigenvalue weighted by Gasteiger charge is 2.25. The molecular weight excluding hydrogens is 650 g/mol. The number of ether oxygens (including phenoxy) is 1.